The molecule has 0 spiro atoms. The first-order chi connectivity index (χ1) is 16.6. The number of aromatic nitrogens is 2. The normalized spacial score (nSPS) is 15.5. The Kier molecular flexibility index (Phi) is 8.41. The quantitative estimate of drug-likeness (QED) is 0.501. The average Bonchev–Trinajstić information content (AvgIpc) is 3.27. The summed E-state index contributed by atoms with van der Waals surface area (Å²) in [4.78, 5) is 16.8. The van der Waals surface area contributed by atoms with Crippen molar-refractivity contribution in [1.82, 2.24) is 24.3 Å². The van der Waals surface area contributed by atoms with Gasteiger partial charge in [0.15, 0.2) is 0 Å². The van der Waals surface area contributed by atoms with Crippen molar-refractivity contribution in [2.45, 2.75) is 32.2 Å². The molecule has 1 aliphatic heterocycles. The van der Waals surface area contributed by atoms with E-state index in [0.29, 0.717) is 49.6 Å². The van der Waals surface area contributed by atoms with Gasteiger partial charge in [0, 0.05) is 33.2 Å². The number of hydrogen-bond acceptors (Lipinski definition) is 9. The number of carbonyl (C=O) groups is 1. The third-order valence-electron chi connectivity index (χ3n) is 5.79. The predicted molar refractivity (Wildman–Crippen MR) is 130 cm³/mol. The van der Waals surface area contributed by atoms with Crippen molar-refractivity contribution < 1.29 is 22.4 Å². The lowest BCUT2D eigenvalue weighted by Crippen LogP contribution is -2.49. The summed E-state index contributed by atoms with van der Waals surface area (Å²) in [5, 5.41) is 7.75. The third-order valence-corrected chi connectivity index (χ3v) is 7.90. The molecule has 12 heteroatoms. The third kappa shape index (κ3) is 6.13. The molecule has 192 valence electrons. The minimum absolute atomic E-state index is 0.0376. The van der Waals surface area contributed by atoms with Gasteiger partial charge in [-0.1, -0.05) is 0 Å². The van der Waals surface area contributed by atoms with Crippen molar-refractivity contribution in [3.8, 4) is 5.75 Å². The molecule has 1 aromatic carbocycles. The second kappa shape index (κ2) is 11.1. The summed E-state index contributed by atoms with van der Waals surface area (Å²) in [5.74, 6) is 0.0923. The summed E-state index contributed by atoms with van der Waals surface area (Å²) < 4.78 is 38.3. The van der Waals surface area contributed by atoms with Crippen molar-refractivity contribution in [2.24, 2.45) is 5.73 Å². The smallest absolute Gasteiger partial charge is 0.311 e. The van der Waals surface area contributed by atoms with Crippen molar-refractivity contribution >= 4 is 15.9 Å². The lowest BCUT2D eigenvalue weighted by atomic mass is 10.1. The molecule has 1 amide bonds. The van der Waals surface area contributed by atoms with Crippen LogP contribution in [0.1, 0.15) is 34.6 Å². The van der Waals surface area contributed by atoms with Crippen LogP contribution in [-0.2, 0) is 16.6 Å². The average molecular weight is 506 g/mol. The van der Waals surface area contributed by atoms with Gasteiger partial charge in [-0.2, -0.15) is 4.31 Å². The van der Waals surface area contributed by atoms with E-state index in [4.69, 9.17) is 14.9 Å². The summed E-state index contributed by atoms with van der Waals surface area (Å²) in [6, 6.07) is 3.34. The molecule has 2 heterocycles. The van der Waals surface area contributed by atoms with Crippen LogP contribution in [0.15, 0.2) is 33.2 Å². The summed E-state index contributed by atoms with van der Waals surface area (Å²) in [7, 11) is -0.883. The van der Waals surface area contributed by atoms with Gasteiger partial charge in [-0.05, 0) is 43.7 Å². The minimum atomic E-state index is -3.84. The molecule has 1 aliphatic rings. The number of ether oxygens (including phenoxy) is 1. The Morgan fingerprint density at radius 3 is 2.43 bits per heavy atom. The predicted octanol–water partition coefficient (Wildman–Crippen LogP) is 1.34. The highest BCUT2D eigenvalue weighted by Gasteiger charge is 2.29. The molecule has 0 saturated carbocycles. The molecule has 11 nitrogen and oxygen atoms in total. The molecule has 1 saturated heterocycles. The standard InChI is InChI=1S/C23H33N6O5S/c1-6-7-18(24)14-28-8-10-29(11-9-28)23(30)22-26-25-20(34-22)15-27(4)35(31,32)21-16(2)12-19(33-5)13-17(21)3/h6-7,12-13H,8-11,14-15,24H2,1-5H3/q-1/b18-7-. The number of nitrogens with zero attached hydrogens (tertiary/aromatic N) is 5. The number of rotatable bonds is 9. The molecule has 3 rings (SSSR count). The summed E-state index contributed by atoms with van der Waals surface area (Å²) >= 11 is 0. The fraction of sp³-hybridized carbons (Fsp3) is 0.478. The number of amides is 1. The van der Waals surface area contributed by atoms with Crippen molar-refractivity contribution in [1.29, 1.82) is 0 Å². The second-order valence-corrected chi connectivity index (χ2v) is 10.5. The molecule has 2 N–H and O–H groups in total. The second-order valence-electron chi connectivity index (χ2n) is 8.50. The first-order valence-corrected chi connectivity index (χ1v) is 12.7. The Labute approximate surface area is 206 Å². The van der Waals surface area contributed by atoms with Gasteiger partial charge in [0.25, 0.3) is 0 Å². The maximum atomic E-state index is 13.2. The molecule has 1 aromatic heterocycles. The lowest BCUT2D eigenvalue weighted by Gasteiger charge is -2.35. The van der Waals surface area contributed by atoms with Gasteiger partial charge in [-0.25, -0.2) is 20.9 Å². The number of methoxy groups -OCH3 is 1. The van der Waals surface area contributed by atoms with Gasteiger partial charge in [-0.3, -0.25) is 4.79 Å². The van der Waals surface area contributed by atoms with Crippen LogP contribution in [-0.4, -0.2) is 85.5 Å². The van der Waals surface area contributed by atoms with Crippen LogP contribution >= 0.6 is 0 Å². The van der Waals surface area contributed by atoms with Gasteiger partial charge < -0.3 is 24.7 Å². The minimum Gasteiger partial charge on any atom is -0.497 e. The monoisotopic (exact) mass is 505 g/mol. The maximum Gasteiger partial charge on any atom is 0.311 e. The molecule has 0 aliphatic carbocycles. The number of carbonyl (C=O) groups excluding carboxylic acids is 1. The first-order valence-electron chi connectivity index (χ1n) is 11.3. The number of benzene rings is 1. The zero-order valence-electron chi connectivity index (χ0n) is 20.8. The largest absolute Gasteiger partial charge is 0.497 e. The number of allylic oxidation sites excluding steroid dienone is 1. The molecule has 35 heavy (non-hydrogen) atoms. The summed E-state index contributed by atoms with van der Waals surface area (Å²) in [6.07, 6.45) is 3.76. The van der Waals surface area contributed by atoms with E-state index in [0.717, 1.165) is 10.0 Å². The van der Waals surface area contributed by atoms with Gasteiger partial charge in [0.2, 0.25) is 15.9 Å². The molecular formula is C23H33N6O5S-. The van der Waals surface area contributed by atoms with E-state index in [1.54, 1.807) is 30.9 Å². The molecule has 0 bridgehead atoms. The zero-order valence-corrected chi connectivity index (χ0v) is 21.6. The number of piperazine rings is 1. The Balaban J connectivity index is 1.64. The highest BCUT2D eigenvalue weighted by Crippen LogP contribution is 2.28. The highest BCUT2D eigenvalue weighted by molar-refractivity contribution is 7.89. The van der Waals surface area contributed by atoms with Crippen molar-refractivity contribution in [3.63, 3.8) is 0 Å². The van der Waals surface area contributed by atoms with E-state index in [-0.39, 0.29) is 29.1 Å². The number of sulfonamides is 1. The Bertz CT molecular complexity index is 1160. The SMILES string of the molecule is C[CH-]/C=C(\N)CN1CCN(C(=O)c2nnc(CN(C)S(=O)(=O)c3c(C)cc(OC)cc3C)o2)CC1. The van der Waals surface area contributed by atoms with E-state index >= 15 is 0 Å². The van der Waals surface area contributed by atoms with E-state index < -0.39 is 10.0 Å². The van der Waals surface area contributed by atoms with Crippen LogP contribution in [0.2, 0.25) is 0 Å². The van der Waals surface area contributed by atoms with E-state index in [9.17, 15) is 13.2 Å². The van der Waals surface area contributed by atoms with Crippen LogP contribution < -0.4 is 10.5 Å². The van der Waals surface area contributed by atoms with Crippen molar-refractivity contribution in [2.75, 3.05) is 46.9 Å². The fourth-order valence-corrected chi connectivity index (χ4v) is 5.56. The van der Waals surface area contributed by atoms with Gasteiger partial charge >= 0.3 is 11.8 Å². The van der Waals surface area contributed by atoms with Crippen LogP contribution in [0.3, 0.4) is 0 Å². The molecule has 0 unspecified atom stereocenters. The number of aryl methyl sites for hydroxylation is 2. The molecule has 0 atom stereocenters. The van der Waals surface area contributed by atoms with Gasteiger partial charge in [0.1, 0.15) is 5.75 Å². The van der Waals surface area contributed by atoms with Gasteiger partial charge in [-0.15, -0.1) is 22.8 Å². The molecular weight excluding hydrogens is 472 g/mol. The number of nitrogens with two attached hydrogens (primary N) is 1. The molecule has 0 radical (unpaired) electrons. The molecule has 1 fully saturated rings. The highest BCUT2D eigenvalue weighted by atomic mass is 32.2. The van der Waals surface area contributed by atoms with Crippen LogP contribution in [0.4, 0.5) is 0 Å². The fourth-order valence-electron chi connectivity index (χ4n) is 4.04. The van der Waals surface area contributed by atoms with E-state index in [1.807, 2.05) is 19.4 Å². The van der Waals surface area contributed by atoms with Crippen LogP contribution in [0.25, 0.3) is 0 Å². The first kappa shape index (κ1) is 26.5. The Hall–Kier alpha value is -3.09. The Morgan fingerprint density at radius 1 is 1.23 bits per heavy atom. The van der Waals surface area contributed by atoms with Gasteiger partial charge in [0.05, 0.1) is 18.6 Å². The lowest BCUT2D eigenvalue weighted by molar-refractivity contribution is 0.0606. The molecule has 2 aromatic rings. The summed E-state index contributed by atoms with van der Waals surface area (Å²) in [6.45, 7) is 8.18. The Morgan fingerprint density at radius 2 is 1.86 bits per heavy atom. The van der Waals surface area contributed by atoms with Crippen LogP contribution in [0.5, 0.6) is 5.75 Å². The maximum absolute atomic E-state index is 13.2. The topological polar surface area (TPSA) is 135 Å². The van der Waals surface area contributed by atoms with E-state index in [1.165, 1.54) is 14.2 Å². The summed E-state index contributed by atoms with van der Waals surface area (Å²) in [5.41, 5.74) is 7.87. The van der Waals surface area contributed by atoms with E-state index in [2.05, 4.69) is 15.1 Å². The number of hydrogen-bond donors (Lipinski definition) is 1. The van der Waals surface area contributed by atoms with Crippen molar-refractivity contribution in [3.05, 3.63) is 53.2 Å². The zero-order chi connectivity index (χ0) is 25.8. The van der Waals surface area contributed by atoms with Crippen LogP contribution in [0, 0.1) is 20.3 Å².